The van der Waals surface area contributed by atoms with Crippen molar-refractivity contribution in [2.24, 2.45) is 11.8 Å². The lowest BCUT2D eigenvalue weighted by Crippen LogP contribution is -2.55. The molecule has 1 aromatic rings. The van der Waals surface area contributed by atoms with Crippen LogP contribution in [0.4, 0.5) is 4.39 Å². The molecule has 0 spiro atoms. The molecule has 3 fully saturated rings. The van der Waals surface area contributed by atoms with Gasteiger partial charge in [0.1, 0.15) is 24.5 Å². The van der Waals surface area contributed by atoms with E-state index in [-0.39, 0.29) is 41.8 Å². The van der Waals surface area contributed by atoms with Gasteiger partial charge in [0.25, 0.3) is 5.91 Å². The van der Waals surface area contributed by atoms with Crippen molar-refractivity contribution in [2.75, 3.05) is 13.2 Å². The average Bonchev–Trinajstić information content (AvgIpc) is 3.27. The molecule has 4 atom stereocenters. The summed E-state index contributed by atoms with van der Waals surface area (Å²) in [4.78, 5) is 40.3. The summed E-state index contributed by atoms with van der Waals surface area (Å²) in [5, 5.41) is 2.87. The Labute approximate surface area is 169 Å². The summed E-state index contributed by atoms with van der Waals surface area (Å²) < 4.78 is 19.1. The predicted octanol–water partition coefficient (Wildman–Crippen LogP) is 2.32. The predicted molar refractivity (Wildman–Crippen MR) is 104 cm³/mol. The minimum absolute atomic E-state index is 0.0144. The van der Waals surface area contributed by atoms with E-state index in [4.69, 9.17) is 4.74 Å². The highest BCUT2D eigenvalue weighted by Crippen LogP contribution is 2.34. The van der Waals surface area contributed by atoms with Crippen molar-refractivity contribution in [3.8, 4) is 0 Å². The second-order valence-corrected chi connectivity index (χ2v) is 8.51. The summed E-state index contributed by atoms with van der Waals surface area (Å²) in [5.74, 6) is -1.18. The maximum absolute atomic E-state index is 13.6. The number of nitrogens with one attached hydrogen (secondary N) is 1. The Morgan fingerprint density at radius 3 is 2.72 bits per heavy atom. The van der Waals surface area contributed by atoms with Crippen LogP contribution < -0.4 is 5.32 Å². The summed E-state index contributed by atoms with van der Waals surface area (Å²) in [5.41, 5.74) is 0.187. The van der Waals surface area contributed by atoms with E-state index in [9.17, 15) is 18.8 Å². The maximum atomic E-state index is 13.6. The molecule has 29 heavy (non-hydrogen) atoms. The zero-order chi connectivity index (χ0) is 20.5. The molecule has 2 heterocycles. The Bertz CT molecular complexity index is 808. The van der Waals surface area contributed by atoms with E-state index in [0.29, 0.717) is 6.54 Å². The number of hydrogen-bond acceptors (Lipinski definition) is 4. The van der Waals surface area contributed by atoms with Gasteiger partial charge in [-0.2, -0.15) is 0 Å². The van der Waals surface area contributed by atoms with Crippen LogP contribution in [0.3, 0.4) is 0 Å². The van der Waals surface area contributed by atoms with E-state index >= 15 is 0 Å². The molecule has 1 aromatic carbocycles. The molecular weight excluding hydrogens is 375 g/mol. The molecule has 2 amide bonds. The SMILES string of the molecule is C[C@H]1CN(C(=O)[C@@H](NC(=O)c2cccc(F)c2)C2CCCCC2)[C@@H]2C(=O)CO[C@@H]21. The average molecular weight is 402 g/mol. The van der Waals surface area contributed by atoms with E-state index in [1.165, 1.54) is 24.3 Å². The lowest BCUT2D eigenvalue weighted by molar-refractivity contribution is -0.139. The largest absolute Gasteiger partial charge is 0.367 e. The van der Waals surface area contributed by atoms with Crippen LogP contribution in [0.2, 0.25) is 0 Å². The highest BCUT2D eigenvalue weighted by Gasteiger charge is 2.52. The number of carbonyl (C=O) groups is 3. The van der Waals surface area contributed by atoms with Crippen LogP contribution in [0, 0.1) is 17.7 Å². The van der Waals surface area contributed by atoms with Crippen molar-refractivity contribution < 1.29 is 23.5 Å². The Kier molecular flexibility index (Phi) is 5.67. The van der Waals surface area contributed by atoms with Gasteiger partial charge < -0.3 is 15.0 Å². The van der Waals surface area contributed by atoms with Gasteiger partial charge in [-0.1, -0.05) is 32.3 Å². The summed E-state index contributed by atoms with van der Waals surface area (Å²) in [6.07, 6.45) is 4.57. The van der Waals surface area contributed by atoms with Crippen LogP contribution in [0.25, 0.3) is 0 Å². The summed E-state index contributed by atoms with van der Waals surface area (Å²) in [6, 6.07) is 4.17. The number of fused-ring (bicyclic) bond motifs is 1. The molecule has 6 nitrogen and oxygen atoms in total. The first-order valence-electron chi connectivity index (χ1n) is 10.5. The number of rotatable bonds is 4. The number of amides is 2. The Balaban J connectivity index is 1.57. The first kappa shape index (κ1) is 20.0. The number of carbonyl (C=O) groups excluding carboxylic acids is 3. The fourth-order valence-corrected chi connectivity index (χ4v) is 5.00. The summed E-state index contributed by atoms with van der Waals surface area (Å²) >= 11 is 0. The van der Waals surface area contributed by atoms with Crippen LogP contribution >= 0.6 is 0 Å². The van der Waals surface area contributed by atoms with Crippen LogP contribution in [0.5, 0.6) is 0 Å². The van der Waals surface area contributed by atoms with Gasteiger partial charge in [-0.15, -0.1) is 0 Å². The van der Waals surface area contributed by atoms with Crippen molar-refractivity contribution in [1.82, 2.24) is 10.2 Å². The van der Waals surface area contributed by atoms with Gasteiger partial charge in [0.2, 0.25) is 5.91 Å². The first-order chi connectivity index (χ1) is 14.0. The van der Waals surface area contributed by atoms with Gasteiger partial charge in [-0.25, -0.2) is 4.39 Å². The molecule has 0 radical (unpaired) electrons. The topological polar surface area (TPSA) is 75.7 Å². The number of Topliss-reactive ketones (excluding diaryl/α,β-unsaturated/α-hetero) is 1. The number of likely N-dealkylation sites (tertiary alicyclic amines) is 1. The molecule has 156 valence electrons. The Morgan fingerprint density at radius 2 is 2.00 bits per heavy atom. The van der Waals surface area contributed by atoms with Gasteiger partial charge in [0.05, 0.1) is 6.10 Å². The number of ether oxygens (including phenoxy) is 1. The molecule has 2 saturated heterocycles. The van der Waals surface area contributed by atoms with Crippen LogP contribution in [0.15, 0.2) is 24.3 Å². The third kappa shape index (κ3) is 3.92. The third-order valence-corrected chi connectivity index (χ3v) is 6.48. The monoisotopic (exact) mass is 402 g/mol. The summed E-state index contributed by atoms with van der Waals surface area (Å²) in [7, 11) is 0. The molecule has 0 bridgehead atoms. The minimum atomic E-state index is -0.717. The molecule has 2 aliphatic heterocycles. The molecule has 1 aliphatic carbocycles. The van der Waals surface area contributed by atoms with Crippen LogP contribution in [-0.4, -0.2) is 53.8 Å². The lowest BCUT2D eigenvalue weighted by atomic mass is 9.83. The van der Waals surface area contributed by atoms with Crippen molar-refractivity contribution in [3.63, 3.8) is 0 Å². The molecule has 4 rings (SSSR count). The van der Waals surface area contributed by atoms with E-state index in [0.717, 1.165) is 32.1 Å². The number of halogens is 1. The molecule has 3 aliphatic rings. The number of nitrogens with zero attached hydrogens (tertiary/aromatic N) is 1. The van der Waals surface area contributed by atoms with Crippen molar-refractivity contribution >= 4 is 17.6 Å². The van der Waals surface area contributed by atoms with Gasteiger partial charge in [0.15, 0.2) is 5.78 Å². The van der Waals surface area contributed by atoms with Crippen LogP contribution in [0.1, 0.15) is 49.4 Å². The second kappa shape index (κ2) is 8.22. The molecule has 1 N–H and O–H groups in total. The quantitative estimate of drug-likeness (QED) is 0.839. The first-order valence-corrected chi connectivity index (χ1v) is 10.5. The Morgan fingerprint density at radius 1 is 1.24 bits per heavy atom. The van der Waals surface area contributed by atoms with E-state index in [1.807, 2.05) is 6.92 Å². The van der Waals surface area contributed by atoms with Crippen LogP contribution in [-0.2, 0) is 14.3 Å². The highest BCUT2D eigenvalue weighted by molar-refractivity contribution is 5.99. The van der Waals surface area contributed by atoms with Gasteiger partial charge in [0, 0.05) is 18.0 Å². The standard InChI is InChI=1S/C22H27FN2O4/c1-13-11-25(19-17(26)12-29-20(13)19)22(28)18(14-6-3-2-4-7-14)24-21(27)15-8-5-9-16(23)10-15/h5,8-10,13-14,18-20H,2-4,6-7,11-12H2,1H3,(H,24,27)/t13-,18-,19+,20+/m0/s1. The molecule has 1 saturated carbocycles. The molecule has 0 unspecified atom stereocenters. The number of ketones is 1. The molecule has 7 heteroatoms. The lowest BCUT2D eigenvalue weighted by Gasteiger charge is -2.34. The normalized spacial score (nSPS) is 28.3. The highest BCUT2D eigenvalue weighted by atomic mass is 19.1. The van der Waals surface area contributed by atoms with Gasteiger partial charge in [-0.3, -0.25) is 14.4 Å². The number of hydrogen-bond donors (Lipinski definition) is 1. The van der Waals surface area contributed by atoms with Crippen molar-refractivity contribution in [3.05, 3.63) is 35.6 Å². The summed E-state index contributed by atoms with van der Waals surface area (Å²) in [6.45, 7) is 2.46. The minimum Gasteiger partial charge on any atom is -0.367 e. The Hall–Kier alpha value is -2.28. The second-order valence-electron chi connectivity index (χ2n) is 8.51. The molecular formula is C22H27FN2O4. The van der Waals surface area contributed by atoms with E-state index in [1.54, 1.807) is 4.90 Å². The van der Waals surface area contributed by atoms with Crippen molar-refractivity contribution in [2.45, 2.75) is 57.2 Å². The van der Waals surface area contributed by atoms with Crippen molar-refractivity contribution in [1.29, 1.82) is 0 Å². The van der Waals surface area contributed by atoms with E-state index < -0.39 is 23.8 Å². The fourth-order valence-electron chi connectivity index (χ4n) is 5.00. The van der Waals surface area contributed by atoms with Gasteiger partial charge >= 0.3 is 0 Å². The molecule has 0 aromatic heterocycles. The zero-order valence-electron chi connectivity index (χ0n) is 16.6. The third-order valence-electron chi connectivity index (χ3n) is 6.48. The number of benzene rings is 1. The van der Waals surface area contributed by atoms with Gasteiger partial charge in [-0.05, 0) is 37.0 Å². The maximum Gasteiger partial charge on any atom is 0.252 e. The zero-order valence-corrected chi connectivity index (χ0v) is 16.6. The van der Waals surface area contributed by atoms with E-state index in [2.05, 4.69) is 5.32 Å². The smallest absolute Gasteiger partial charge is 0.252 e. The fraction of sp³-hybridized carbons (Fsp3) is 0.591.